The second-order valence-electron chi connectivity index (χ2n) is 5.78. The number of methoxy groups -OCH3 is 2. The van der Waals surface area contributed by atoms with E-state index < -0.39 is 17.9 Å². The molecule has 126 valence electrons. The average molecular weight is 318 g/mol. The van der Waals surface area contributed by atoms with Crippen molar-refractivity contribution in [2.45, 2.75) is 33.1 Å². The fourth-order valence-electron chi connectivity index (χ4n) is 2.42. The molecule has 0 radical (unpaired) electrons. The molecule has 1 rings (SSSR count). The van der Waals surface area contributed by atoms with Gasteiger partial charge in [-0.1, -0.05) is 55.8 Å². The Morgan fingerprint density at radius 2 is 1.61 bits per heavy atom. The average Bonchev–Trinajstić information content (AvgIpc) is 2.57. The standard InChI is InChI=1S/C19H26O4/c1-14(2)16(13-15-9-6-5-7-10-15)11-8-12-17(18(20)22-3)19(21)23-4/h5-7,9-10,13-14,17H,8,11-12H2,1-4H3/b16-13-. The zero-order valence-corrected chi connectivity index (χ0v) is 14.4. The van der Waals surface area contributed by atoms with Crippen LogP contribution in [-0.2, 0) is 19.1 Å². The Labute approximate surface area is 138 Å². The number of hydrogen-bond acceptors (Lipinski definition) is 4. The van der Waals surface area contributed by atoms with E-state index in [0.717, 1.165) is 18.4 Å². The molecule has 0 aliphatic rings. The maximum atomic E-state index is 11.7. The highest BCUT2D eigenvalue weighted by molar-refractivity contribution is 5.94. The van der Waals surface area contributed by atoms with Gasteiger partial charge in [0.1, 0.15) is 0 Å². The molecular formula is C19H26O4. The summed E-state index contributed by atoms with van der Waals surface area (Å²) in [7, 11) is 2.57. The van der Waals surface area contributed by atoms with Crippen molar-refractivity contribution in [3.8, 4) is 0 Å². The summed E-state index contributed by atoms with van der Waals surface area (Å²) < 4.78 is 9.36. The molecule has 1 aromatic rings. The summed E-state index contributed by atoms with van der Waals surface area (Å²) in [5.74, 6) is -1.50. The third kappa shape index (κ3) is 6.27. The van der Waals surface area contributed by atoms with Crippen molar-refractivity contribution in [2.24, 2.45) is 11.8 Å². The van der Waals surface area contributed by atoms with Gasteiger partial charge in [-0.3, -0.25) is 9.59 Å². The molecule has 0 spiro atoms. The van der Waals surface area contributed by atoms with Gasteiger partial charge in [0.25, 0.3) is 0 Å². The first kappa shape index (κ1) is 18.9. The van der Waals surface area contributed by atoms with Crippen LogP contribution in [0.4, 0.5) is 0 Å². The number of esters is 2. The van der Waals surface area contributed by atoms with E-state index in [9.17, 15) is 9.59 Å². The Morgan fingerprint density at radius 1 is 1.04 bits per heavy atom. The van der Waals surface area contributed by atoms with Crippen LogP contribution in [0.3, 0.4) is 0 Å². The number of allylic oxidation sites excluding steroid dienone is 1. The summed E-state index contributed by atoms with van der Waals surface area (Å²) in [6.45, 7) is 4.29. The lowest BCUT2D eigenvalue weighted by atomic mass is 9.93. The summed E-state index contributed by atoms with van der Waals surface area (Å²) in [4.78, 5) is 23.4. The van der Waals surface area contributed by atoms with Crippen LogP contribution < -0.4 is 0 Å². The van der Waals surface area contributed by atoms with Crippen molar-refractivity contribution in [2.75, 3.05) is 14.2 Å². The van der Waals surface area contributed by atoms with Gasteiger partial charge in [-0.05, 0) is 30.7 Å². The van der Waals surface area contributed by atoms with E-state index in [1.807, 2.05) is 18.2 Å². The van der Waals surface area contributed by atoms with Crippen molar-refractivity contribution in [1.29, 1.82) is 0 Å². The fourth-order valence-corrected chi connectivity index (χ4v) is 2.42. The first-order valence-corrected chi connectivity index (χ1v) is 7.90. The molecule has 0 heterocycles. The summed E-state index contributed by atoms with van der Waals surface area (Å²) in [6, 6.07) is 10.1. The molecule has 1 aromatic carbocycles. The van der Waals surface area contributed by atoms with E-state index in [-0.39, 0.29) is 0 Å². The van der Waals surface area contributed by atoms with Gasteiger partial charge in [-0.25, -0.2) is 0 Å². The zero-order chi connectivity index (χ0) is 17.2. The van der Waals surface area contributed by atoms with E-state index in [1.54, 1.807) is 0 Å². The minimum absolute atomic E-state index is 0.407. The molecule has 0 amide bonds. The van der Waals surface area contributed by atoms with Gasteiger partial charge >= 0.3 is 11.9 Å². The molecule has 0 N–H and O–H groups in total. The largest absolute Gasteiger partial charge is 0.468 e. The number of rotatable bonds is 8. The van der Waals surface area contributed by atoms with Gasteiger partial charge in [0.2, 0.25) is 0 Å². The van der Waals surface area contributed by atoms with Crippen LogP contribution >= 0.6 is 0 Å². The molecule has 0 aliphatic carbocycles. The lowest BCUT2D eigenvalue weighted by Gasteiger charge is -2.15. The summed E-state index contributed by atoms with van der Waals surface area (Å²) >= 11 is 0. The number of carbonyl (C=O) groups excluding carboxylic acids is 2. The van der Waals surface area contributed by atoms with Crippen LogP contribution in [0.25, 0.3) is 6.08 Å². The van der Waals surface area contributed by atoms with Crippen LogP contribution in [0.2, 0.25) is 0 Å². The molecule has 23 heavy (non-hydrogen) atoms. The number of carbonyl (C=O) groups is 2. The smallest absolute Gasteiger partial charge is 0.320 e. The number of ether oxygens (including phenoxy) is 2. The van der Waals surface area contributed by atoms with Gasteiger partial charge in [-0.15, -0.1) is 0 Å². The van der Waals surface area contributed by atoms with Gasteiger partial charge in [0, 0.05) is 0 Å². The molecule has 0 aliphatic heterocycles. The third-order valence-electron chi connectivity index (χ3n) is 3.82. The highest BCUT2D eigenvalue weighted by Gasteiger charge is 2.28. The monoisotopic (exact) mass is 318 g/mol. The summed E-state index contributed by atoms with van der Waals surface area (Å²) in [6.07, 6.45) is 4.16. The molecule has 0 atom stereocenters. The lowest BCUT2D eigenvalue weighted by molar-refractivity contribution is -0.159. The molecule has 0 saturated heterocycles. The van der Waals surface area contributed by atoms with Crippen LogP contribution in [0.15, 0.2) is 35.9 Å². The molecule has 0 unspecified atom stereocenters. The van der Waals surface area contributed by atoms with Gasteiger partial charge in [0.05, 0.1) is 14.2 Å². The van der Waals surface area contributed by atoms with Crippen molar-refractivity contribution >= 4 is 18.0 Å². The quantitative estimate of drug-likeness (QED) is 0.539. The first-order chi connectivity index (χ1) is 11.0. The normalized spacial score (nSPS) is 11.7. The van der Waals surface area contributed by atoms with Crippen molar-refractivity contribution < 1.29 is 19.1 Å². The summed E-state index contributed by atoms with van der Waals surface area (Å²) in [5.41, 5.74) is 2.46. The second kappa shape index (κ2) is 9.82. The van der Waals surface area contributed by atoms with Crippen molar-refractivity contribution in [3.05, 3.63) is 41.5 Å². The van der Waals surface area contributed by atoms with Crippen LogP contribution in [-0.4, -0.2) is 26.2 Å². The van der Waals surface area contributed by atoms with Gasteiger partial charge in [-0.2, -0.15) is 0 Å². The SMILES string of the molecule is COC(=O)C(CCC/C(=C/c1ccccc1)C(C)C)C(=O)OC. The Kier molecular flexibility index (Phi) is 8.09. The number of hydrogen-bond donors (Lipinski definition) is 0. The van der Waals surface area contributed by atoms with E-state index >= 15 is 0 Å². The predicted octanol–water partition coefficient (Wildman–Crippen LogP) is 3.86. The minimum atomic E-state index is -0.838. The van der Waals surface area contributed by atoms with Crippen molar-refractivity contribution in [1.82, 2.24) is 0 Å². The maximum absolute atomic E-state index is 11.7. The second-order valence-corrected chi connectivity index (χ2v) is 5.78. The predicted molar refractivity (Wildman–Crippen MR) is 90.6 cm³/mol. The lowest BCUT2D eigenvalue weighted by Crippen LogP contribution is -2.26. The van der Waals surface area contributed by atoms with E-state index in [2.05, 4.69) is 41.5 Å². The van der Waals surface area contributed by atoms with Crippen LogP contribution in [0, 0.1) is 11.8 Å². The number of benzene rings is 1. The molecule has 4 nitrogen and oxygen atoms in total. The topological polar surface area (TPSA) is 52.6 Å². The highest BCUT2D eigenvalue weighted by atomic mass is 16.5. The third-order valence-corrected chi connectivity index (χ3v) is 3.82. The van der Waals surface area contributed by atoms with Crippen LogP contribution in [0.1, 0.15) is 38.7 Å². The van der Waals surface area contributed by atoms with Gasteiger partial charge < -0.3 is 9.47 Å². The molecule has 4 heteroatoms. The Bertz CT molecular complexity index is 516. The minimum Gasteiger partial charge on any atom is -0.468 e. The van der Waals surface area contributed by atoms with E-state index in [1.165, 1.54) is 19.8 Å². The first-order valence-electron chi connectivity index (χ1n) is 7.90. The molecule has 0 saturated carbocycles. The fraction of sp³-hybridized carbons (Fsp3) is 0.474. The Morgan fingerprint density at radius 3 is 2.09 bits per heavy atom. The molecular weight excluding hydrogens is 292 g/mol. The molecule has 0 aromatic heterocycles. The van der Waals surface area contributed by atoms with E-state index in [0.29, 0.717) is 12.3 Å². The van der Waals surface area contributed by atoms with Crippen LogP contribution in [0.5, 0.6) is 0 Å². The van der Waals surface area contributed by atoms with Gasteiger partial charge in [0.15, 0.2) is 5.92 Å². The Hall–Kier alpha value is -2.10. The zero-order valence-electron chi connectivity index (χ0n) is 14.4. The Balaban J connectivity index is 2.70. The van der Waals surface area contributed by atoms with Crippen molar-refractivity contribution in [3.63, 3.8) is 0 Å². The maximum Gasteiger partial charge on any atom is 0.320 e. The molecule has 0 bridgehead atoms. The summed E-state index contributed by atoms with van der Waals surface area (Å²) in [5, 5.41) is 0. The molecule has 0 fully saturated rings. The van der Waals surface area contributed by atoms with E-state index in [4.69, 9.17) is 0 Å². The highest BCUT2D eigenvalue weighted by Crippen LogP contribution is 2.23.